The van der Waals surface area contributed by atoms with Crippen LogP contribution in [-0.2, 0) is 6.18 Å². The summed E-state index contributed by atoms with van der Waals surface area (Å²) in [5, 5.41) is 9.84. The fourth-order valence-electron chi connectivity index (χ4n) is 2.34. The molecule has 3 nitrogen and oxygen atoms in total. The van der Waals surface area contributed by atoms with Crippen molar-refractivity contribution in [2.75, 3.05) is 0 Å². The van der Waals surface area contributed by atoms with E-state index in [1.165, 1.54) is 12.1 Å². The van der Waals surface area contributed by atoms with Crippen LogP contribution in [0.3, 0.4) is 0 Å². The summed E-state index contributed by atoms with van der Waals surface area (Å²) in [6.07, 6.45) is -4.37. The lowest BCUT2D eigenvalue weighted by atomic mass is 10.0. The summed E-state index contributed by atoms with van der Waals surface area (Å²) in [6.45, 7) is 0. The number of aromatic carboxylic acids is 1. The number of fused-ring (bicyclic) bond motifs is 1. The van der Waals surface area contributed by atoms with Crippen molar-refractivity contribution in [3.8, 4) is 11.1 Å². The molecule has 0 aliphatic carbocycles. The van der Waals surface area contributed by atoms with Gasteiger partial charge in [0.1, 0.15) is 5.69 Å². The van der Waals surface area contributed by atoms with E-state index in [0.29, 0.717) is 14.7 Å². The number of H-pyrrole nitrogens is 1. The Morgan fingerprint density at radius 1 is 1.04 bits per heavy atom. The molecule has 3 rings (SSSR count). The van der Waals surface area contributed by atoms with E-state index in [0.717, 1.165) is 23.1 Å². The summed E-state index contributed by atoms with van der Waals surface area (Å²) in [5.41, 5.74) is 1.42. The molecule has 0 bridgehead atoms. The Hall–Kier alpha value is -2.03. The van der Waals surface area contributed by atoms with Gasteiger partial charge in [0.05, 0.1) is 9.13 Å². The van der Waals surface area contributed by atoms with Gasteiger partial charge in [-0.2, -0.15) is 13.2 Å². The molecule has 1 aromatic heterocycles. The van der Waals surface area contributed by atoms with Crippen LogP contribution in [-0.4, -0.2) is 16.1 Å². The van der Waals surface area contributed by atoms with Gasteiger partial charge in [-0.1, -0.05) is 18.2 Å². The van der Waals surface area contributed by atoms with E-state index in [1.807, 2.05) is 22.6 Å². The predicted octanol–water partition coefficient (Wildman–Crippen LogP) is 5.16. The second kappa shape index (κ2) is 5.55. The van der Waals surface area contributed by atoms with Gasteiger partial charge >= 0.3 is 12.1 Å². The van der Waals surface area contributed by atoms with Crippen LogP contribution in [0.1, 0.15) is 16.1 Å². The third-order valence-corrected chi connectivity index (χ3v) is 4.62. The molecule has 118 valence electrons. The van der Waals surface area contributed by atoms with Crippen molar-refractivity contribution < 1.29 is 23.1 Å². The lowest BCUT2D eigenvalue weighted by Crippen LogP contribution is -2.03. The highest BCUT2D eigenvalue weighted by Crippen LogP contribution is 2.33. The molecule has 7 heteroatoms. The smallest absolute Gasteiger partial charge is 0.416 e. The first kappa shape index (κ1) is 15.9. The number of carboxylic acid groups (broad SMARTS) is 1. The highest BCUT2D eigenvalue weighted by Gasteiger charge is 2.30. The number of carboxylic acids is 1. The average molecular weight is 431 g/mol. The van der Waals surface area contributed by atoms with Crippen LogP contribution in [0.25, 0.3) is 22.0 Å². The van der Waals surface area contributed by atoms with Gasteiger partial charge in [0.15, 0.2) is 0 Å². The minimum Gasteiger partial charge on any atom is -0.477 e. The molecule has 0 fully saturated rings. The zero-order valence-electron chi connectivity index (χ0n) is 11.4. The summed E-state index contributed by atoms with van der Waals surface area (Å²) < 4.78 is 38.4. The fourth-order valence-corrected chi connectivity index (χ4v) is 3.15. The molecular formula is C16H9F3INO2. The van der Waals surface area contributed by atoms with Crippen molar-refractivity contribution in [2.45, 2.75) is 6.18 Å². The molecule has 0 spiro atoms. The quantitative estimate of drug-likeness (QED) is 0.552. The Bertz CT molecular complexity index is 898. The number of carbonyl (C=O) groups is 1. The number of aromatic amines is 1. The number of benzene rings is 2. The monoisotopic (exact) mass is 431 g/mol. The molecule has 0 amide bonds. The minimum atomic E-state index is -4.37. The van der Waals surface area contributed by atoms with Gasteiger partial charge in [-0.05, 0) is 58.0 Å². The van der Waals surface area contributed by atoms with Crippen LogP contribution < -0.4 is 0 Å². The average Bonchev–Trinajstić information content (AvgIpc) is 2.83. The SMILES string of the molecule is O=C(O)c1[nH]c2ccc(-c3ccc(C(F)(F)F)cc3)cc2c1I. The van der Waals surface area contributed by atoms with E-state index >= 15 is 0 Å². The van der Waals surface area contributed by atoms with Crippen molar-refractivity contribution in [3.63, 3.8) is 0 Å². The van der Waals surface area contributed by atoms with E-state index in [9.17, 15) is 18.0 Å². The van der Waals surface area contributed by atoms with E-state index in [2.05, 4.69) is 4.98 Å². The Labute approximate surface area is 142 Å². The van der Waals surface area contributed by atoms with Crippen molar-refractivity contribution >= 4 is 39.5 Å². The van der Waals surface area contributed by atoms with Crippen molar-refractivity contribution in [1.29, 1.82) is 0 Å². The molecule has 1 heterocycles. The molecule has 0 aliphatic rings. The van der Waals surface area contributed by atoms with Crippen LogP contribution in [0.5, 0.6) is 0 Å². The molecular weight excluding hydrogens is 422 g/mol. The van der Waals surface area contributed by atoms with Gasteiger partial charge in [-0.25, -0.2) is 4.79 Å². The van der Waals surface area contributed by atoms with Crippen LogP contribution in [0.4, 0.5) is 13.2 Å². The number of alkyl halides is 3. The Morgan fingerprint density at radius 3 is 2.22 bits per heavy atom. The second-order valence-electron chi connectivity index (χ2n) is 4.95. The highest BCUT2D eigenvalue weighted by atomic mass is 127. The fraction of sp³-hybridized carbons (Fsp3) is 0.0625. The predicted molar refractivity (Wildman–Crippen MR) is 88.4 cm³/mol. The van der Waals surface area contributed by atoms with E-state index in [-0.39, 0.29) is 5.69 Å². The van der Waals surface area contributed by atoms with E-state index in [4.69, 9.17) is 5.11 Å². The Balaban J connectivity index is 2.07. The van der Waals surface area contributed by atoms with Gasteiger partial charge in [0.25, 0.3) is 0 Å². The van der Waals surface area contributed by atoms with Gasteiger partial charge in [-0.15, -0.1) is 0 Å². The summed E-state index contributed by atoms with van der Waals surface area (Å²) in [6, 6.07) is 10.1. The molecule has 0 unspecified atom stereocenters. The summed E-state index contributed by atoms with van der Waals surface area (Å²) in [7, 11) is 0. The number of hydrogen-bond donors (Lipinski definition) is 2. The van der Waals surface area contributed by atoms with Crippen molar-refractivity contribution in [2.24, 2.45) is 0 Å². The normalized spacial score (nSPS) is 11.8. The number of hydrogen-bond acceptors (Lipinski definition) is 1. The summed E-state index contributed by atoms with van der Waals surface area (Å²) in [4.78, 5) is 14.0. The Kier molecular flexibility index (Phi) is 3.83. The first-order valence-corrected chi connectivity index (χ1v) is 7.57. The van der Waals surface area contributed by atoms with Crippen LogP contribution in [0, 0.1) is 3.57 Å². The van der Waals surface area contributed by atoms with Crippen LogP contribution in [0.2, 0.25) is 0 Å². The lowest BCUT2D eigenvalue weighted by Gasteiger charge is -2.08. The van der Waals surface area contributed by atoms with Crippen molar-refractivity contribution in [3.05, 3.63) is 57.3 Å². The minimum absolute atomic E-state index is 0.102. The third kappa shape index (κ3) is 2.92. The molecule has 0 radical (unpaired) electrons. The molecule has 0 saturated heterocycles. The topological polar surface area (TPSA) is 53.1 Å². The van der Waals surface area contributed by atoms with Gasteiger partial charge < -0.3 is 10.1 Å². The molecule has 0 saturated carbocycles. The summed E-state index contributed by atoms with van der Waals surface area (Å²) in [5.74, 6) is -1.05. The Morgan fingerprint density at radius 2 is 1.65 bits per heavy atom. The van der Waals surface area contributed by atoms with Gasteiger partial charge in [0, 0.05) is 10.9 Å². The first-order chi connectivity index (χ1) is 10.8. The number of rotatable bonds is 2. The number of aromatic nitrogens is 1. The molecule has 0 atom stereocenters. The van der Waals surface area contributed by atoms with E-state index < -0.39 is 17.7 Å². The standard InChI is InChI=1S/C16H9F3INO2/c17-16(18,19)10-4-1-8(2-5-10)9-3-6-12-11(7-9)13(20)14(21-12)15(22)23/h1-7,21H,(H,22,23). The maximum Gasteiger partial charge on any atom is 0.416 e. The first-order valence-electron chi connectivity index (χ1n) is 6.49. The molecule has 0 aliphatic heterocycles. The lowest BCUT2D eigenvalue weighted by molar-refractivity contribution is -0.137. The zero-order valence-corrected chi connectivity index (χ0v) is 13.6. The maximum absolute atomic E-state index is 12.6. The second-order valence-corrected chi connectivity index (χ2v) is 6.03. The van der Waals surface area contributed by atoms with Gasteiger partial charge in [0.2, 0.25) is 0 Å². The molecule has 2 N–H and O–H groups in total. The highest BCUT2D eigenvalue weighted by molar-refractivity contribution is 14.1. The molecule has 2 aromatic carbocycles. The zero-order chi connectivity index (χ0) is 16.8. The molecule has 3 aromatic rings. The third-order valence-electron chi connectivity index (χ3n) is 3.49. The number of halogens is 4. The molecule has 23 heavy (non-hydrogen) atoms. The summed E-state index contributed by atoms with van der Waals surface area (Å²) >= 11 is 1.94. The van der Waals surface area contributed by atoms with Crippen LogP contribution >= 0.6 is 22.6 Å². The van der Waals surface area contributed by atoms with E-state index in [1.54, 1.807) is 18.2 Å². The van der Waals surface area contributed by atoms with Gasteiger partial charge in [-0.3, -0.25) is 0 Å². The number of nitrogens with one attached hydrogen (secondary N) is 1. The van der Waals surface area contributed by atoms with Crippen LogP contribution in [0.15, 0.2) is 42.5 Å². The largest absolute Gasteiger partial charge is 0.477 e. The van der Waals surface area contributed by atoms with Crippen molar-refractivity contribution in [1.82, 2.24) is 4.98 Å². The maximum atomic E-state index is 12.6.